The van der Waals surface area contributed by atoms with Gasteiger partial charge >= 0.3 is 0 Å². The zero-order chi connectivity index (χ0) is 15.0. The van der Waals surface area contributed by atoms with E-state index in [1.54, 1.807) is 0 Å². The largest absolute Gasteiger partial charge is 0.310 e. The van der Waals surface area contributed by atoms with Crippen molar-refractivity contribution in [1.29, 1.82) is 0 Å². The standard InChI is InChI=1S/C17H18N2OS/c1-4-11-5-7-12(8-6-11)13-9-21-17-14(13)16(20)18-15(19-17)10(2)3/h5-10H,4H2,1-3H3,(H,18,19,20). The van der Waals surface area contributed by atoms with Gasteiger partial charge in [-0.25, -0.2) is 4.98 Å². The maximum absolute atomic E-state index is 12.4. The van der Waals surface area contributed by atoms with E-state index in [9.17, 15) is 4.79 Å². The van der Waals surface area contributed by atoms with Crippen molar-refractivity contribution in [2.45, 2.75) is 33.1 Å². The number of nitrogens with one attached hydrogen (secondary N) is 1. The van der Waals surface area contributed by atoms with Gasteiger partial charge in [-0.2, -0.15) is 0 Å². The Labute approximate surface area is 127 Å². The Morgan fingerprint density at radius 2 is 1.95 bits per heavy atom. The second-order valence-corrected chi connectivity index (χ2v) is 6.34. The summed E-state index contributed by atoms with van der Waals surface area (Å²) in [7, 11) is 0. The Hall–Kier alpha value is -1.94. The fraction of sp³-hybridized carbons (Fsp3) is 0.294. The van der Waals surface area contributed by atoms with Crippen LogP contribution in [0.4, 0.5) is 0 Å². The van der Waals surface area contributed by atoms with Crippen LogP contribution in [0, 0.1) is 0 Å². The third-order valence-corrected chi connectivity index (χ3v) is 4.55. The highest BCUT2D eigenvalue weighted by Crippen LogP contribution is 2.31. The van der Waals surface area contributed by atoms with Crippen molar-refractivity contribution in [2.24, 2.45) is 0 Å². The number of hydrogen-bond acceptors (Lipinski definition) is 3. The summed E-state index contributed by atoms with van der Waals surface area (Å²) in [4.78, 5) is 20.7. The van der Waals surface area contributed by atoms with Gasteiger partial charge in [0.05, 0.1) is 5.39 Å². The Morgan fingerprint density at radius 3 is 2.57 bits per heavy atom. The molecule has 3 aromatic rings. The number of fused-ring (bicyclic) bond motifs is 1. The van der Waals surface area contributed by atoms with Gasteiger partial charge < -0.3 is 4.98 Å². The SMILES string of the molecule is CCc1ccc(-c2csc3nc(C(C)C)[nH]c(=O)c23)cc1. The summed E-state index contributed by atoms with van der Waals surface area (Å²) in [6.07, 6.45) is 1.02. The molecule has 0 aliphatic carbocycles. The van der Waals surface area contributed by atoms with Crippen LogP contribution in [-0.2, 0) is 6.42 Å². The average molecular weight is 298 g/mol. The number of rotatable bonds is 3. The minimum absolute atomic E-state index is 0.0421. The molecule has 3 nitrogen and oxygen atoms in total. The van der Waals surface area contributed by atoms with E-state index in [0.29, 0.717) is 5.39 Å². The summed E-state index contributed by atoms with van der Waals surface area (Å²) < 4.78 is 0. The van der Waals surface area contributed by atoms with Gasteiger partial charge in [-0.05, 0) is 17.5 Å². The third-order valence-electron chi connectivity index (χ3n) is 3.68. The van der Waals surface area contributed by atoms with Gasteiger partial charge in [-0.1, -0.05) is 45.0 Å². The molecule has 2 aromatic heterocycles. The van der Waals surface area contributed by atoms with Crippen LogP contribution >= 0.6 is 11.3 Å². The molecule has 0 aliphatic heterocycles. The Morgan fingerprint density at radius 1 is 1.24 bits per heavy atom. The molecule has 0 unspecified atom stereocenters. The van der Waals surface area contributed by atoms with Gasteiger partial charge in [0.2, 0.25) is 0 Å². The normalized spacial score (nSPS) is 11.4. The highest BCUT2D eigenvalue weighted by atomic mass is 32.1. The maximum atomic E-state index is 12.4. The lowest BCUT2D eigenvalue weighted by Crippen LogP contribution is -2.12. The van der Waals surface area contributed by atoms with Crippen LogP contribution in [0.25, 0.3) is 21.3 Å². The maximum Gasteiger partial charge on any atom is 0.260 e. The fourth-order valence-electron chi connectivity index (χ4n) is 2.37. The zero-order valence-electron chi connectivity index (χ0n) is 12.4. The minimum atomic E-state index is -0.0421. The first-order valence-corrected chi connectivity index (χ1v) is 8.08. The number of nitrogens with zero attached hydrogens (tertiary/aromatic N) is 1. The number of thiophene rings is 1. The first kappa shape index (κ1) is 14.0. The summed E-state index contributed by atoms with van der Waals surface area (Å²) in [5.74, 6) is 0.971. The van der Waals surface area contributed by atoms with Crippen LogP contribution in [0.5, 0.6) is 0 Å². The molecule has 0 aliphatic rings. The Bertz CT molecular complexity index is 828. The summed E-state index contributed by atoms with van der Waals surface area (Å²) in [6, 6.07) is 8.39. The molecule has 0 atom stereocenters. The van der Waals surface area contributed by atoms with Crippen LogP contribution in [0.15, 0.2) is 34.4 Å². The van der Waals surface area contributed by atoms with Crippen molar-refractivity contribution in [3.05, 3.63) is 51.4 Å². The van der Waals surface area contributed by atoms with Gasteiger partial charge in [0.15, 0.2) is 0 Å². The predicted molar refractivity (Wildman–Crippen MR) is 89.1 cm³/mol. The number of benzene rings is 1. The van der Waals surface area contributed by atoms with E-state index < -0.39 is 0 Å². The van der Waals surface area contributed by atoms with Crippen LogP contribution in [0.3, 0.4) is 0 Å². The van der Waals surface area contributed by atoms with Crippen molar-refractivity contribution in [3.8, 4) is 11.1 Å². The summed E-state index contributed by atoms with van der Waals surface area (Å²) >= 11 is 1.53. The van der Waals surface area contributed by atoms with E-state index in [4.69, 9.17) is 0 Å². The molecule has 21 heavy (non-hydrogen) atoms. The highest BCUT2D eigenvalue weighted by molar-refractivity contribution is 7.17. The van der Waals surface area contributed by atoms with E-state index in [1.165, 1.54) is 16.9 Å². The van der Waals surface area contributed by atoms with E-state index in [0.717, 1.165) is 28.2 Å². The van der Waals surface area contributed by atoms with Crippen LogP contribution < -0.4 is 5.56 Å². The molecule has 0 radical (unpaired) electrons. The molecule has 0 amide bonds. The highest BCUT2D eigenvalue weighted by Gasteiger charge is 2.13. The van der Waals surface area contributed by atoms with Gasteiger partial charge in [0.1, 0.15) is 10.7 Å². The molecule has 0 saturated heterocycles. The molecule has 1 N–H and O–H groups in total. The quantitative estimate of drug-likeness (QED) is 0.782. The van der Waals surface area contributed by atoms with E-state index in [2.05, 4.69) is 41.2 Å². The molecular formula is C17H18N2OS. The summed E-state index contributed by atoms with van der Waals surface area (Å²) in [5.41, 5.74) is 3.30. The minimum Gasteiger partial charge on any atom is -0.310 e. The number of hydrogen-bond donors (Lipinski definition) is 1. The molecule has 0 bridgehead atoms. The van der Waals surface area contributed by atoms with Crippen molar-refractivity contribution >= 4 is 21.6 Å². The average Bonchev–Trinajstić information content (AvgIpc) is 2.91. The fourth-order valence-corrected chi connectivity index (χ4v) is 3.33. The van der Waals surface area contributed by atoms with Crippen molar-refractivity contribution in [2.75, 3.05) is 0 Å². The molecule has 2 heterocycles. The number of aromatic nitrogens is 2. The number of H-pyrrole nitrogens is 1. The molecule has 108 valence electrons. The van der Waals surface area contributed by atoms with E-state index >= 15 is 0 Å². The lowest BCUT2D eigenvalue weighted by atomic mass is 10.0. The van der Waals surface area contributed by atoms with Crippen molar-refractivity contribution in [3.63, 3.8) is 0 Å². The van der Waals surface area contributed by atoms with Gasteiger partial charge in [0.25, 0.3) is 5.56 Å². The molecular weight excluding hydrogens is 280 g/mol. The Balaban J connectivity index is 2.17. The molecule has 1 aromatic carbocycles. The lowest BCUT2D eigenvalue weighted by Gasteiger charge is -2.05. The molecule has 0 spiro atoms. The summed E-state index contributed by atoms with van der Waals surface area (Å²) in [6.45, 7) is 6.20. The Kier molecular flexibility index (Phi) is 3.64. The predicted octanol–water partition coefficient (Wildman–Crippen LogP) is 4.34. The third kappa shape index (κ3) is 2.51. The van der Waals surface area contributed by atoms with Gasteiger partial charge in [-0.3, -0.25) is 4.79 Å². The first-order chi connectivity index (χ1) is 10.1. The molecule has 0 fully saturated rings. The van der Waals surface area contributed by atoms with Gasteiger partial charge in [-0.15, -0.1) is 11.3 Å². The smallest absolute Gasteiger partial charge is 0.260 e. The number of aromatic amines is 1. The van der Waals surface area contributed by atoms with Crippen LogP contribution in [0.1, 0.15) is 38.1 Å². The van der Waals surface area contributed by atoms with Crippen molar-refractivity contribution < 1.29 is 0 Å². The van der Waals surface area contributed by atoms with E-state index in [-0.39, 0.29) is 11.5 Å². The topological polar surface area (TPSA) is 45.8 Å². The summed E-state index contributed by atoms with van der Waals surface area (Å²) in [5, 5.41) is 2.73. The molecule has 4 heteroatoms. The van der Waals surface area contributed by atoms with Crippen LogP contribution in [0.2, 0.25) is 0 Å². The second-order valence-electron chi connectivity index (χ2n) is 5.49. The van der Waals surface area contributed by atoms with Crippen molar-refractivity contribution in [1.82, 2.24) is 9.97 Å². The first-order valence-electron chi connectivity index (χ1n) is 7.21. The number of aryl methyl sites for hydroxylation is 1. The van der Waals surface area contributed by atoms with Crippen LogP contribution in [-0.4, -0.2) is 9.97 Å². The monoisotopic (exact) mass is 298 g/mol. The second kappa shape index (κ2) is 5.45. The molecule has 3 rings (SSSR count). The molecule has 0 saturated carbocycles. The lowest BCUT2D eigenvalue weighted by molar-refractivity contribution is 0.778. The van der Waals surface area contributed by atoms with Gasteiger partial charge in [0, 0.05) is 16.9 Å². The van der Waals surface area contributed by atoms with E-state index in [1.807, 2.05) is 19.2 Å². The zero-order valence-corrected chi connectivity index (χ0v) is 13.3.